The van der Waals surface area contributed by atoms with E-state index in [-0.39, 0.29) is 18.6 Å². The van der Waals surface area contributed by atoms with Gasteiger partial charge in [-0.25, -0.2) is 13.2 Å². The number of halogens is 3. The Morgan fingerprint density at radius 2 is 1.83 bits per heavy atom. The summed E-state index contributed by atoms with van der Waals surface area (Å²) >= 11 is 0. The molecular weight excluding hydrogens is 247 g/mol. The predicted octanol–water partition coefficient (Wildman–Crippen LogP) is 1.61. The molecule has 2 N–H and O–H groups in total. The fourth-order valence-electron chi connectivity index (χ4n) is 1.68. The van der Waals surface area contributed by atoms with Crippen molar-refractivity contribution in [2.75, 3.05) is 13.2 Å². The zero-order chi connectivity index (χ0) is 13.3. The van der Waals surface area contributed by atoms with E-state index in [2.05, 4.69) is 5.32 Å². The molecule has 98 valence electrons. The van der Waals surface area contributed by atoms with E-state index in [9.17, 15) is 18.0 Å². The average molecular weight is 259 g/mol. The molecule has 0 unspecified atom stereocenters. The van der Waals surface area contributed by atoms with Gasteiger partial charge in [-0.15, -0.1) is 0 Å². The van der Waals surface area contributed by atoms with Crippen molar-refractivity contribution in [1.29, 1.82) is 0 Å². The van der Waals surface area contributed by atoms with Gasteiger partial charge in [-0.3, -0.25) is 4.79 Å². The average Bonchev–Trinajstić information content (AvgIpc) is 3.05. The molecule has 1 amide bonds. The standard InChI is InChI=1S/C12H12F3NO2/c13-7-3-8(14)10(9(15)4-7)11(18)16-5-12(6-17)1-2-12/h3-4,17H,1-2,5-6H2,(H,16,18). The predicted molar refractivity (Wildman–Crippen MR) is 57.4 cm³/mol. The summed E-state index contributed by atoms with van der Waals surface area (Å²) < 4.78 is 39.2. The van der Waals surface area contributed by atoms with Crippen LogP contribution in [0.2, 0.25) is 0 Å². The third-order valence-corrected chi connectivity index (χ3v) is 3.15. The van der Waals surface area contributed by atoms with Gasteiger partial charge in [0, 0.05) is 24.1 Å². The van der Waals surface area contributed by atoms with E-state index < -0.39 is 28.9 Å². The molecule has 1 fully saturated rings. The molecule has 0 bridgehead atoms. The molecule has 0 saturated heterocycles. The van der Waals surface area contributed by atoms with Gasteiger partial charge in [0.25, 0.3) is 5.91 Å². The van der Waals surface area contributed by atoms with Crippen molar-refractivity contribution in [3.63, 3.8) is 0 Å². The highest BCUT2D eigenvalue weighted by atomic mass is 19.1. The van der Waals surface area contributed by atoms with Crippen LogP contribution < -0.4 is 5.32 Å². The number of carbonyl (C=O) groups excluding carboxylic acids is 1. The summed E-state index contributed by atoms with van der Waals surface area (Å²) in [7, 11) is 0. The minimum Gasteiger partial charge on any atom is -0.396 e. The Morgan fingerprint density at radius 1 is 1.28 bits per heavy atom. The molecule has 1 aromatic carbocycles. The van der Waals surface area contributed by atoms with E-state index in [1.54, 1.807) is 0 Å². The fraction of sp³-hybridized carbons (Fsp3) is 0.417. The van der Waals surface area contributed by atoms with Crippen LogP contribution in [-0.2, 0) is 0 Å². The van der Waals surface area contributed by atoms with Crippen LogP contribution in [0.25, 0.3) is 0 Å². The van der Waals surface area contributed by atoms with Crippen LogP contribution in [0.3, 0.4) is 0 Å². The molecular formula is C12H12F3NO2. The zero-order valence-corrected chi connectivity index (χ0v) is 9.47. The van der Waals surface area contributed by atoms with Gasteiger partial charge >= 0.3 is 0 Å². The molecule has 1 aromatic rings. The first-order valence-electron chi connectivity index (χ1n) is 5.51. The molecule has 0 atom stereocenters. The Hall–Kier alpha value is -1.56. The highest BCUT2D eigenvalue weighted by Crippen LogP contribution is 2.44. The number of benzene rings is 1. The van der Waals surface area contributed by atoms with Crippen molar-refractivity contribution in [2.24, 2.45) is 5.41 Å². The molecule has 1 aliphatic carbocycles. The molecule has 0 radical (unpaired) electrons. The fourth-order valence-corrected chi connectivity index (χ4v) is 1.68. The summed E-state index contributed by atoms with van der Waals surface area (Å²) in [6.45, 7) is 0.0697. The minimum absolute atomic E-state index is 0.0817. The molecule has 3 nitrogen and oxygen atoms in total. The van der Waals surface area contributed by atoms with Crippen LogP contribution in [-0.4, -0.2) is 24.2 Å². The van der Waals surface area contributed by atoms with Crippen LogP contribution in [0.5, 0.6) is 0 Å². The van der Waals surface area contributed by atoms with Crippen molar-refractivity contribution >= 4 is 5.91 Å². The van der Waals surface area contributed by atoms with Crippen molar-refractivity contribution in [3.8, 4) is 0 Å². The van der Waals surface area contributed by atoms with Crippen molar-refractivity contribution in [2.45, 2.75) is 12.8 Å². The number of amides is 1. The largest absolute Gasteiger partial charge is 0.396 e. The molecule has 6 heteroatoms. The number of nitrogens with one attached hydrogen (secondary N) is 1. The van der Waals surface area contributed by atoms with Gasteiger partial charge in [0.1, 0.15) is 23.0 Å². The van der Waals surface area contributed by atoms with Gasteiger partial charge in [-0.1, -0.05) is 0 Å². The zero-order valence-electron chi connectivity index (χ0n) is 9.47. The van der Waals surface area contributed by atoms with E-state index in [0.717, 1.165) is 12.8 Å². The molecule has 1 aliphatic rings. The topological polar surface area (TPSA) is 49.3 Å². The van der Waals surface area contributed by atoms with E-state index in [1.807, 2.05) is 0 Å². The van der Waals surface area contributed by atoms with E-state index in [1.165, 1.54) is 0 Å². The first kappa shape index (κ1) is 12.9. The van der Waals surface area contributed by atoms with Gasteiger partial charge in [0.15, 0.2) is 0 Å². The third-order valence-electron chi connectivity index (χ3n) is 3.15. The number of aliphatic hydroxyl groups is 1. The lowest BCUT2D eigenvalue weighted by Gasteiger charge is -2.13. The number of aliphatic hydroxyl groups excluding tert-OH is 1. The molecule has 2 rings (SSSR count). The maximum atomic E-state index is 13.3. The van der Waals surface area contributed by atoms with E-state index >= 15 is 0 Å². The number of hydrogen-bond donors (Lipinski definition) is 2. The smallest absolute Gasteiger partial charge is 0.257 e. The van der Waals surface area contributed by atoms with Gasteiger partial charge in [-0.2, -0.15) is 0 Å². The summed E-state index contributed by atoms with van der Waals surface area (Å²) in [5.74, 6) is -4.49. The second-order valence-electron chi connectivity index (χ2n) is 4.59. The van der Waals surface area contributed by atoms with E-state index in [4.69, 9.17) is 5.11 Å². The van der Waals surface area contributed by atoms with Crippen molar-refractivity contribution in [1.82, 2.24) is 5.32 Å². The van der Waals surface area contributed by atoms with Crippen LogP contribution in [0.15, 0.2) is 12.1 Å². The first-order chi connectivity index (χ1) is 8.47. The summed E-state index contributed by atoms with van der Waals surface area (Å²) in [4.78, 5) is 11.6. The molecule has 0 spiro atoms. The van der Waals surface area contributed by atoms with E-state index in [0.29, 0.717) is 12.1 Å². The Bertz CT molecular complexity index is 463. The van der Waals surface area contributed by atoms with Crippen molar-refractivity contribution < 1.29 is 23.1 Å². The van der Waals surface area contributed by atoms with Crippen LogP contribution in [0.1, 0.15) is 23.2 Å². The van der Waals surface area contributed by atoms with Gasteiger partial charge in [0.05, 0.1) is 6.61 Å². The molecule has 1 saturated carbocycles. The molecule has 0 heterocycles. The monoisotopic (exact) mass is 259 g/mol. The summed E-state index contributed by atoms with van der Waals surface area (Å²) in [6.07, 6.45) is 1.52. The lowest BCUT2D eigenvalue weighted by Crippen LogP contribution is -2.33. The second kappa shape index (κ2) is 4.61. The lowest BCUT2D eigenvalue weighted by molar-refractivity contribution is 0.0926. The Morgan fingerprint density at radius 3 is 2.28 bits per heavy atom. The van der Waals surface area contributed by atoms with Gasteiger partial charge in [-0.05, 0) is 12.8 Å². The summed E-state index contributed by atoms with van der Waals surface area (Å²) in [5, 5.41) is 11.4. The SMILES string of the molecule is O=C(NCC1(CO)CC1)c1c(F)cc(F)cc1F. The number of hydrogen-bond acceptors (Lipinski definition) is 2. The Balaban J connectivity index is 2.09. The number of rotatable bonds is 4. The third kappa shape index (κ3) is 2.48. The highest BCUT2D eigenvalue weighted by Gasteiger charge is 2.42. The van der Waals surface area contributed by atoms with Crippen LogP contribution in [0.4, 0.5) is 13.2 Å². The quantitative estimate of drug-likeness (QED) is 0.863. The second-order valence-corrected chi connectivity index (χ2v) is 4.59. The summed E-state index contributed by atoms with van der Waals surface area (Å²) in [5.41, 5.74) is -1.16. The maximum absolute atomic E-state index is 13.3. The normalized spacial score (nSPS) is 16.4. The highest BCUT2D eigenvalue weighted by molar-refractivity contribution is 5.94. The van der Waals surface area contributed by atoms with Gasteiger partial charge in [0.2, 0.25) is 0 Å². The minimum atomic E-state index is -1.24. The van der Waals surface area contributed by atoms with Gasteiger partial charge < -0.3 is 10.4 Å². The Labute approximate surface area is 102 Å². The Kier molecular flexibility index (Phi) is 3.30. The van der Waals surface area contributed by atoms with Crippen LogP contribution in [0, 0.1) is 22.9 Å². The molecule has 0 aliphatic heterocycles. The maximum Gasteiger partial charge on any atom is 0.257 e. The lowest BCUT2D eigenvalue weighted by atomic mass is 10.1. The molecule has 18 heavy (non-hydrogen) atoms. The summed E-state index contributed by atoms with van der Waals surface area (Å²) in [6, 6.07) is 0.911. The van der Waals surface area contributed by atoms with Crippen molar-refractivity contribution in [3.05, 3.63) is 35.1 Å². The first-order valence-corrected chi connectivity index (χ1v) is 5.51. The number of carbonyl (C=O) groups is 1. The molecule has 0 aromatic heterocycles. The van der Waals surface area contributed by atoms with Crippen LogP contribution >= 0.6 is 0 Å².